The van der Waals surface area contributed by atoms with Crippen molar-refractivity contribution in [1.29, 1.82) is 0 Å². The molecule has 12 heteroatoms. The molecule has 3 heterocycles. The zero-order chi connectivity index (χ0) is 26.6. The van der Waals surface area contributed by atoms with E-state index in [2.05, 4.69) is 21.9 Å². The zero-order valence-corrected chi connectivity index (χ0v) is 21.5. The van der Waals surface area contributed by atoms with Crippen LogP contribution in [0.2, 0.25) is 5.28 Å². The van der Waals surface area contributed by atoms with Crippen LogP contribution in [0.3, 0.4) is 0 Å². The van der Waals surface area contributed by atoms with E-state index in [-0.39, 0.29) is 42.3 Å². The molecule has 1 saturated heterocycles. The summed E-state index contributed by atoms with van der Waals surface area (Å²) >= 11 is 5.95. The van der Waals surface area contributed by atoms with E-state index in [1.807, 2.05) is 0 Å². The molecule has 0 spiro atoms. The second kappa shape index (κ2) is 11.4. The van der Waals surface area contributed by atoms with Gasteiger partial charge in [0.2, 0.25) is 5.28 Å². The lowest BCUT2D eigenvalue weighted by molar-refractivity contribution is -0.145. The van der Waals surface area contributed by atoms with Gasteiger partial charge >= 0.3 is 11.9 Å². The third kappa shape index (κ3) is 6.00. The van der Waals surface area contributed by atoms with Crippen molar-refractivity contribution in [2.24, 2.45) is 0 Å². The maximum absolute atomic E-state index is 12.9. The number of aromatic nitrogens is 4. The minimum Gasteiger partial charge on any atom is -0.461 e. The first-order chi connectivity index (χ1) is 17.7. The smallest absolute Gasteiger partial charge is 0.338 e. The summed E-state index contributed by atoms with van der Waals surface area (Å²) in [6.45, 7) is 3.48. The van der Waals surface area contributed by atoms with E-state index in [1.54, 1.807) is 35.8 Å². The summed E-state index contributed by atoms with van der Waals surface area (Å²) < 4.78 is 18.6. The fourth-order valence-corrected chi connectivity index (χ4v) is 4.35. The van der Waals surface area contributed by atoms with Crippen molar-refractivity contribution in [2.75, 3.05) is 12.3 Å². The van der Waals surface area contributed by atoms with E-state index in [0.29, 0.717) is 23.1 Å². The highest BCUT2D eigenvalue weighted by Gasteiger charge is 2.46. The van der Waals surface area contributed by atoms with Gasteiger partial charge in [-0.15, -0.1) is 0 Å². The van der Waals surface area contributed by atoms with Crippen molar-refractivity contribution < 1.29 is 28.9 Å². The number of imidazole rings is 1. The highest BCUT2D eigenvalue weighted by molar-refractivity contribution is 6.28. The van der Waals surface area contributed by atoms with Crippen LogP contribution < -0.4 is 5.73 Å². The summed E-state index contributed by atoms with van der Waals surface area (Å²) in [5, 5.41) is 10.7. The van der Waals surface area contributed by atoms with E-state index in [9.17, 15) is 14.7 Å². The zero-order valence-electron chi connectivity index (χ0n) is 20.7. The number of hydrogen-bond acceptors (Lipinski definition) is 10. The van der Waals surface area contributed by atoms with E-state index in [0.717, 1.165) is 19.3 Å². The fourth-order valence-electron chi connectivity index (χ4n) is 4.18. The van der Waals surface area contributed by atoms with Crippen molar-refractivity contribution in [3.8, 4) is 0 Å². The third-order valence-corrected chi connectivity index (χ3v) is 6.54. The highest BCUT2D eigenvalue weighted by Crippen LogP contribution is 2.38. The lowest BCUT2D eigenvalue weighted by atomic mass is 10.0. The second-order valence-corrected chi connectivity index (χ2v) is 9.53. The number of fused-ring (bicyclic) bond motifs is 1. The van der Waals surface area contributed by atoms with Gasteiger partial charge in [-0.2, -0.15) is 9.97 Å². The molecule has 0 aliphatic carbocycles. The molecule has 1 aliphatic rings. The number of carbonyl (C=O) groups excluding carboxylic acids is 2. The third-order valence-electron chi connectivity index (χ3n) is 6.37. The van der Waals surface area contributed by atoms with Gasteiger partial charge < -0.3 is 25.1 Å². The molecule has 1 aliphatic heterocycles. The molecule has 37 heavy (non-hydrogen) atoms. The van der Waals surface area contributed by atoms with Gasteiger partial charge in [0, 0.05) is 18.4 Å². The van der Waals surface area contributed by atoms with Crippen LogP contribution in [0.25, 0.3) is 11.2 Å². The topological polar surface area (TPSA) is 152 Å². The van der Waals surface area contributed by atoms with Crippen LogP contribution in [0.1, 0.15) is 68.1 Å². The number of nitrogens with two attached hydrogens (primary N) is 1. The van der Waals surface area contributed by atoms with Gasteiger partial charge in [-0.25, -0.2) is 9.78 Å². The number of unbranched alkanes of at least 4 members (excludes halogenated alkanes) is 2. The van der Waals surface area contributed by atoms with Gasteiger partial charge in [-0.05, 0) is 31.0 Å². The maximum atomic E-state index is 12.9. The summed E-state index contributed by atoms with van der Waals surface area (Å²) in [5.74, 6) is -0.786. The Kier molecular flexibility index (Phi) is 8.25. The lowest BCUT2D eigenvalue weighted by Gasteiger charge is -2.27. The Morgan fingerprint density at radius 3 is 2.84 bits per heavy atom. The Balaban J connectivity index is 1.40. The molecule has 0 saturated carbocycles. The largest absolute Gasteiger partial charge is 0.461 e. The molecule has 4 rings (SSSR count). The van der Waals surface area contributed by atoms with Gasteiger partial charge in [0.1, 0.15) is 30.6 Å². The average Bonchev–Trinajstić information content (AvgIpc) is 3.42. The molecule has 0 radical (unpaired) electrons. The van der Waals surface area contributed by atoms with E-state index >= 15 is 0 Å². The monoisotopic (exact) mass is 531 g/mol. The summed E-state index contributed by atoms with van der Waals surface area (Å²) in [6, 6.07) is 6.76. The van der Waals surface area contributed by atoms with Gasteiger partial charge in [0.05, 0.1) is 18.0 Å². The lowest BCUT2D eigenvalue weighted by Crippen LogP contribution is -2.41. The number of hydrogen-bond donors (Lipinski definition) is 2. The Morgan fingerprint density at radius 2 is 2.05 bits per heavy atom. The van der Waals surface area contributed by atoms with Gasteiger partial charge in [0.25, 0.3) is 0 Å². The summed E-state index contributed by atoms with van der Waals surface area (Å²) in [6.07, 6.45) is 3.17. The number of halogens is 1. The van der Waals surface area contributed by atoms with Crippen molar-refractivity contribution in [1.82, 2.24) is 19.5 Å². The van der Waals surface area contributed by atoms with Crippen LogP contribution in [-0.2, 0) is 25.6 Å². The number of nitrogen functional groups attached to an aromatic ring is 1. The fraction of sp³-hybridized carbons (Fsp3) is 0.480. The number of rotatable bonds is 10. The molecule has 198 valence electrons. The number of benzene rings is 1. The summed E-state index contributed by atoms with van der Waals surface area (Å²) in [7, 11) is 0. The summed E-state index contributed by atoms with van der Waals surface area (Å²) in [4.78, 5) is 37.2. The number of aliphatic hydroxyl groups excluding tert-OH is 1. The van der Waals surface area contributed by atoms with Crippen LogP contribution in [-0.4, -0.2) is 54.9 Å². The predicted octanol–water partition coefficient (Wildman–Crippen LogP) is 3.58. The van der Waals surface area contributed by atoms with Gasteiger partial charge in [0.15, 0.2) is 11.5 Å². The van der Waals surface area contributed by atoms with Crippen LogP contribution in [0.5, 0.6) is 0 Å². The highest BCUT2D eigenvalue weighted by atomic mass is 35.5. The average molecular weight is 532 g/mol. The molecule has 3 N–H and O–H groups in total. The number of aliphatic hydroxyl groups is 1. The molecule has 0 unspecified atom stereocenters. The van der Waals surface area contributed by atoms with Crippen LogP contribution in [0, 0.1) is 0 Å². The SMILES string of the molecule is CCCCCC(=O)OCc1ccccc1C(=O)OC[C@@]1(C)O[C@@H](n2cnc3c(N)nc(Cl)nc32)C[C@@H]1O. The number of nitrogens with zero attached hydrogens (tertiary/aromatic N) is 4. The number of carbonyl (C=O) groups is 2. The Labute approximate surface area is 218 Å². The number of esters is 2. The van der Waals surface area contributed by atoms with Crippen LogP contribution in [0.15, 0.2) is 30.6 Å². The second-order valence-electron chi connectivity index (χ2n) is 9.19. The normalized spacial score (nSPS) is 21.3. The van der Waals surface area contributed by atoms with Crippen molar-refractivity contribution in [3.63, 3.8) is 0 Å². The first kappa shape index (κ1) is 26.8. The quantitative estimate of drug-likeness (QED) is 0.225. The van der Waals surface area contributed by atoms with E-state index < -0.39 is 23.9 Å². The number of ether oxygens (including phenoxy) is 3. The van der Waals surface area contributed by atoms with Crippen molar-refractivity contribution in [3.05, 3.63) is 47.0 Å². The molecule has 3 aromatic rings. The first-order valence-corrected chi connectivity index (χ1v) is 12.5. The predicted molar refractivity (Wildman–Crippen MR) is 135 cm³/mol. The van der Waals surface area contributed by atoms with Crippen molar-refractivity contribution in [2.45, 2.75) is 70.5 Å². The molecule has 3 atom stereocenters. The standard InChI is InChI=1S/C25H30ClN5O6/c1-3-4-5-10-19(33)35-12-15-8-6-7-9-16(15)23(34)36-13-25(2)17(32)11-18(37-25)31-14-28-20-21(27)29-24(26)30-22(20)31/h6-9,14,17-18,32H,3-5,10-13H2,1-2H3,(H2,27,29,30)/t17-,18+,25+/m0/s1. The Morgan fingerprint density at radius 1 is 1.27 bits per heavy atom. The molecule has 0 bridgehead atoms. The Hall–Kier alpha value is -3.28. The summed E-state index contributed by atoms with van der Waals surface area (Å²) in [5.41, 5.74) is 6.23. The molecule has 2 aromatic heterocycles. The molecular weight excluding hydrogens is 502 g/mol. The molecule has 0 amide bonds. The van der Waals surface area contributed by atoms with E-state index in [1.165, 1.54) is 6.33 Å². The maximum Gasteiger partial charge on any atom is 0.338 e. The molecular formula is C25H30ClN5O6. The van der Waals surface area contributed by atoms with Crippen molar-refractivity contribution >= 4 is 40.5 Å². The molecule has 1 aromatic carbocycles. The van der Waals surface area contributed by atoms with E-state index in [4.69, 9.17) is 31.5 Å². The minimum atomic E-state index is -1.19. The molecule has 1 fully saturated rings. The minimum absolute atomic E-state index is 0.0318. The van der Waals surface area contributed by atoms with Crippen LogP contribution in [0.4, 0.5) is 5.82 Å². The van der Waals surface area contributed by atoms with Crippen LogP contribution >= 0.6 is 11.6 Å². The number of anilines is 1. The van der Waals surface area contributed by atoms with Gasteiger partial charge in [-0.1, -0.05) is 38.0 Å². The molecule has 11 nitrogen and oxygen atoms in total. The first-order valence-electron chi connectivity index (χ1n) is 12.1. The van der Waals surface area contributed by atoms with Gasteiger partial charge in [-0.3, -0.25) is 9.36 Å². The Bertz CT molecular complexity index is 1280.